The second-order valence-corrected chi connectivity index (χ2v) is 23.0. The molecule has 0 fully saturated rings. The number of ether oxygens (including phenoxy) is 4. The SMILES string of the molecule is CC/C=C\C/C=C\C/C=C\C/C=C\C/C=C\C/C=C\CCCCCCCCCCCCCCCCCCCCCCCCC(=O)OC(COC(=O)CCC/C=C\C/C=C\C/C=C\C/C=C\C/C=C\CC)COC(OCC[N+](C)(C)C)C(=O)[O-]. The molecule has 9 heteroatoms. The summed E-state index contributed by atoms with van der Waals surface area (Å²) >= 11 is 0. The van der Waals surface area contributed by atoms with E-state index in [1.54, 1.807) is 0 Å². The van der Waals surface area contributed by atoms with E-state index < -0.39 is 30.3 Å². The van der Waals surface area contributed by atoms with Crippen LogP contribution in [-0.2, 0) is 33.3 Å². The molecule has 0 aromatic rings. The van der Waals surface area contributed by atoms with Crippen molar-refractivity contribution in [2.45, 2.75) is 270 Å². The fourth-order valence-corrected chi connectivity index (χ4v) is 8.87. The Hall–Kier alpha value is -4.57. The number of hydrogen-bond donors (Lipinski definition) is 0. The fraction of sp³-hybridized carbons (Fsp3) is 0.662. The molecule has 2 unspecified atom stereocenters. The van der Waals surface area contributed by atoms with Gasteiger partial charge in [0, 0.05) is 12.8 Å². The molecular weight excluding hydrogens is 1030 g/mol. The first-order valence-corrected chi connectivity index (χ1v) is 33.3. The highest BCUT2D eigenvalue weighted by Crippen LogP contribution is 2.17. The minimum absolute atomic E-state index is 0.134. The third-order valence-electron chi connectivity index (χ3n) is 13.9. The van der Waals surface area contributed by atoms with Gasteiger partial charge in [-0.15, -0.1) is 0 Å². The van der Waals surface area contributed by atoms with Crippen LogP contribution in [0, 0.1) is 0 Å². The first-order chi connectivity index (χ1) is 40.6. The topological polar surface area (TPSA) is 111 Å². The molecule has 9 nitrogen and oxygen atoms in total. The zero-order chi connectivity index (χ0) is 60.5. The highest BCUT2D eigenvalue weighted by molar-refractivity contribution is 5.70. The maximum absolute atomic E-state index is 12.9. The van der Waals surface area contributed by atoms with Crippen LogP contribution in [0.5, 0.6) is 0 Å². The summed E-state index contributed by atoms with van der Waals surface area (Å²) in [5, 5.41) is 11.8. The van der Waals surface area contributed by atoms with Crippen LogP contribution in [0.4, 0.5) is 0 Å². The molecule has 0 N–H and O–H groups in total. The molecule has 0 radical (unpaired) electrons. The molecule has 0 saturated heterocycles. The van der Waals surface area contributed by atoms with Gasteiger partial charge in [0.2, 0.25) is 0 Å². The molecule has 2 atom stereocenters. The van der Waals surface area contributed by atoms with Crippen LogP contribution in [0.15, 0.2) is 134 Å². The van der Waals surface area contributed by atoms with Crippen molar-refractivity contribution in [2.75, 3.05) is 47.5 Å². The third-order valence-corrected chi connectivity index (χ3v) is 13.9. The van der Waals surface area contributed by atoms with Gasteiger partial charge in [-0.3, -0.25) is 9.59 Å². The van der Waals surface area contributed by atoms with Crippen LogP contribution in [0.2, 0.25) is 0 Å². The van der Waals surface area contributed by atoms with Crippen molar-refractivity contribution in [1.29, 1.82) is 0 Å². The first kappa shape index (κ1) is 78.4. The molecule has 0 aliphatic rings. The molecule has 0 saturated carbocycles. The summed E-state index contributed by atoms with van der Waals surface area (Å²) in [5.41, 5.74) is 0. The number of allylic oxidation sites excluding steroid dienone is 22. The lowest BCUT2D eigenvalue weighted by molar-refractivity contribution is -0.870. The summed E-state index contributed by atoms with van der Waals surface area (Å²) in [6.45, 7) is 4.45. The van der Waals surface area contributed by atoms with Crippen molar-refractivity contribution in [3.63, 3.8) is 0 Å². The molecule has 0 aliphatic carbocycles. The van der Waals surface area contributed by atoms with E-state index in [1.807, 2.05) is 21.1 Å². The molecule has 472 valence electrons. The monoisotopic (exact) mass is 1150 g/mol. The average molecular weight is 1150 g/mol. The van der Waals surface area contributed by atoms with Crippen LogP contribution in [0.25, 0.3) is 0 Å². The van der Waals surface area contributed by atoms with E-state index in [0.717, 1.165) is 96.3 Å². The Morgan fingerprint density at radius 3 is 1.00 bits per heavy atom. The van der Waals surface area contributed by atoms with Gasteiger partial charge in [0.25, 0.3) is 0 Å². The minimum Gasteiger partial charge on any atom is -0.545 e. The van der Waals surface area contributed by atoms with Gasteiger partial charge in [-0.2, -0.15) is 0 Å². The normalized spacial score (nSPS) is 13.6. The lowest BCUT2D eigenvalue weighted by atomic mass is 10.0. The van der Waals surface area contributed by atoms with E-state index in [0.29, 0.717) is 23.9 Å². The quantitative estimate of drug-likeness (QED) is 0.0195. The Morgan fingerprint density at radius 1 is 0.361 bits per heavy atom. The van der Waals surface area contributed by atoms with Gasteiger partial charge in [0.15, 0.2) is 12.4 Å². The predicted molar refractivity (Wildman–Crippen MR) is 352 cm³/mol. The van der Waals surface area contributed by atoms with Gasteiger partial charge in [0.1, 0.15) is 13.2 Å². The summed E-state index contributed by atoms with van der Waals surface area (Å²) < 4.78 is 22.7. The van der Waals surface area contributed by atoms with Crippen molar-refractivity contribution < 1.29 is 42.9 Å². The highest BCUT2D eigenvalue weighted by Gasteiger charge is 2.22. The van der Waals surface area contributed by atoms with Crippen molar-refractivity contribution in [3.05, 3.63) is 134 Å². The van der Waals surface area contributed by atoms with Gasteiger partial charge in [-0.1, -0.05) is 276 Å². The van der Waals surface area contributed by atoms with E-state index >= 15 is 0 Å². The number of aliphatic carboxylic acids is 1. The average Bonchev–Trinajstić information content (AvgIpc) is 3.46. The van der Waals surface area contributed by atoms with Crippen LogP contribution in [0.1, 0.15) is 258 Å². The summed E-state index contributed by atoms with van der Waals surface area (Å²) in [7, 11) is 5.90. The number of quaternary nitrogens is 1. The lowest BCUT2D eigenvalue weighted by Gasteiger charge is -2.26. The number of carboxylic acid groups (broad SMARTS) is 1. The van der Waals surface area contributed by atoms with E-state index in [1.165, 1.54) is 122 Å². The fourth-order valence-electron chi connectivity index (χ4n) is 8.87. The molecule has 0 rings (SSSR count). The lowest BCUT2D eigenvalue weighted by Crippen LogP contribution is -2.44. The first-order valence-electron chi connectivity index (χ1n) is 33.3. The number of rotatable bonds is 60. The Bertz CT molecular complexity index is 1820. The van der Waals surface area contributed by atoms with Crippen LogP contribution in [-0.4, -0.2) is 82.3 Å². The summed E-state index contributed by atoms with van der Waals surface area (Å²) in [6.07, 6.45) is 88.4. The standard InChI is InChI=1S/C74H123NO8/c1-6-8-10-12-14-16-18-20-22-24-25-26-27-28-29-30-31-32-33-34-35-36-37-38-39-40-41-42-43-44-45-46-47-49-51-53-55-57-59-61-63-65-72(77)83-70(69-82-74(73(78)79)80-67-66-75(3,4)5)68-81-71(76)64-62-60-58-56-54-52-50-48-23-21-19-17-15-13-11-9-7-2/h8-11,14-17,20-23,25-26,28-29,31-32,50,52,56,58,70,74H,6-7,12-13,18-19,24,27,30,33-49,51,53-55,57,59-69H2,1-5H3/b10-8-,11-9-,16-14-,17-15-,22-20-,23-21-,26-25-,29-28-,32-31-,52-50-,58-56-. The molecule has 0 spiro atoms. The number of carboxylic acids is 1. The van der Waals surface area contributed by atoms with Crippen molar-refractivity contribution in [3.8, 4) is 0 Å². The molecule has 0 bridgehead atoms. The summed E-state index contributed by atoms with van der Waals surface area (Å²) in [5.74, 6) is -2.36. The van der Waals surface area contributed by atoms with Crippen LogP contribution < -0.4 is 5.11 Å². The van der Waals surface area contributed by atoms with E-state index in [4.69, 9.17) is 18.9 Å². The summed E-state index contributed by atoms with van der Waals surface area (Å²) in [4.78, 5) is 37.3. The molecule has 0 amide bonds. The number of unbranched alkanes of at least 4 members (excludes halogenated alkanes) is 23. The Kier molecular flexibility index (Phi) is 60.0. The van der Waals surface area contributed by atoms with E-state index in [-0.39, 0.29) is 32.7 Å². The number of carbonyl (C=O) groups is 3. The van der Waals surface area contributed by atoms with Gasteiger partial charge in [0.05, 0.1) is 40.3 Å². The smallest absolute Gasteiger partial charge is 0.306 e. The maximum atomic E-state index is 12.9. The molecular formula is C74H123NO8. The number of carbonyl (C=O) groups excluding carboxylic acids is 3. The van der Waals surface area contributed by atoms with Gasteiger partial charge < -0.3 is 33.3 Å². The Balaban J connectivity index is 4.04. The Labute approximate surface area is 509 Å². The van der Waals surface area contributed by atoms with Crippen molar-refractivity contribution in [1.82, 2.24) is 0 Å². The zero-order valence-corrected chi connectivity index (χ0v) is 53.8. The van der Waals surface area contributed by atoms with E-state index in [9.17, 15) is 19.5 Å². The maximum Gasteiger partial charge on any atom is 0.306 e. The van der Waals surface area contributed by atoms with Crippen molar-refractivity contribution in [2.24, 2.45) is 0 Å². The van der Waals surface area contributed by atoms with Gasteiger partial charge in [-0.05, 0) is 103 Å². The number of likely N-dealkylation sites (N-methyl/N-ethyl adjacent to an activating group) is 1. The molecule has 0 heterocycles. The third kappa shape index (κ3) is 64.8. The largest absolute Gasteiger partial charge is 0.545 e. The number of hydrogen-bond acceptors (Lipinski definition) is 8. The number of esters is 2. The van der Waals surface area contributed by atoms with Gasteiger partial charge >= 0.3 is 11.9 Å². The molecule has 0 aromatic heterocycles. The second kappa shape index (κ2) is 63.5. The van der Waals surface area contributed by atoms with Crippen LogP contribution in [0.3, 0.4) is 0 Å². The summed E-state index contributed by atoms with van der Waals surface area (Å²) in [6, 6.07) is 0. The number of nitrogens with zero attached hydrogens (tertiary/aromatic N) is 1. The molecule has 83 heavy (non-hydrogen) atoms. The Morgan fingerprint density at radius 2 is 0.663 bits per heavy atom. The van der Waals surface area contributed by atoms with Gasteiger partial charge in [-0.25, -0.2) is 0 Å². The predicted octanol–water partition coefficient (Wildman–Crippen LogP) is 19.2. The molecule has 0 aliphatic heterocycles. The molecule has 0 aromatic carbocycles. The second-order valence-electron chi connectivity index (χ2n) is 23.0. The zero-order valence-electron chi connectivity index (χ0n) is 53.8. The highest BCUT2D eigenvalue weighted by atomic mass is 16.7. The van der Waals surface area contributed by atoms with E-state index in [2.05, 4.69) is 148 Å². The van der Waals surface area contributed by atoms with Crippen molar-refractivity contribution >= 4 is 17.9 Å². The minimum atomic E-state index is -1.64. The van der Waals surface area contributed by atoms with Crippen LogP contribution >= 0.6 is 0 Å².